The van der Waals surface area contributed by atoms with Crippen molar-refractivity contribution in [1.29, 1.82) is 0 Å². The first-order chi connectivity index (χ1) is 8.51. The maximum atomic E-state index is 12.1. The highest BCUT2D eigenvalue weighted by Gasteiger charge is 2.18. The third-order valence-electron chi connectivity index (χ3n) is 2.78. The molecule has 0 bridgehead atoms. The molecule has 0 spiro atoms. The molecule has 0 aliphatic carbocycles. The third kappa shape index (κ3) is 4.53. The van der Waals surface area contributed by atoms with Crippen molar-refractivity contribution in [2.45, 2.75) is 24.7 Å². The van der Waals surface area contributed by atoms with Crippen LogP contribution in [0.25, 0.3) is 0 Å². The number of rotatable bonds is 7. The van der Waals surface area contributed by atoms with Crippen LogP contribution in [0.3, 0.4) is 0 Å². The molecule has 1 aromatic carbocycles. The normalized spacial score (nSPS) is 13.5. The molecule has 0 aromatic heterocycles. The Morgan fingerprint density at radius 1 is 1.39 bits per heavy atom. The maximum absolute atomic E-state index is 12.1. The summed E-state index contributed by atoms with van der Waals surface area (Å²) in [4.78, 5) is 0.269. The first kappa shape index (κ1) is 16.0. The van der Waals surface area contributed by atoms with E-state index in [0.717, 1.165) is 12.8 Å². The molecule has 1 N–H and O–H groups in total. The van der Waals surface area contributed by atoms with E-state index in [9.17, 15) is 8.42 Å². The van der Waals surface area contributed by atoms with E-state index in [2.05, 4.69) is 20.7 Å². The molecule has 0 radical (unpaired) electrons. The molecule has 1 atom stereocenters. The molecular weight excluding hydrogens is 338 g/mol. The topological polar surface area (TPSA) is 46.2 Å². The van der Waals surface area contributed by atoms with E-state index in [-0.39, 0.29) is 10.8 Å². The van der Waals surface area contributed by atoms with Crippen molar-refractivity contribution in [1.82, 2.24) is 4.72 Å². The zero-order valence-corrected chi connectivity index (χ0v) is 13.4. The van der Waals surface area contributed by atoms with Crippen LogP contribution >= 0.6 is 27.5 Å². The van der Waals surface area contributed by atoms with Crippen LogP contribution in [0.4, 0.5) is 0 Å². The number of hydrogen-bond acceptors (Lipinski definition) is 2. The standard InChI is InChI=1S/C12H17BrClNO2S/c1-2-10(7-8-14)9-15-18(16,17)12-6-4-3-5-11(12)13/h3-6,10,15H,2,7-9H2,1H3. The Hall–Kier alpha value is -0.100. The van der Waals surface area contributed by atoms with Crippen LogP contribution in [0.5, 0.6) is 0 Å². The summed E-state index contributed by atoms with van der Waals surface area (Å²) < 4.78 is 27.4. The lowest BCUT2D eigenvalue weighted by Crippen LogP contribution is -2.29. The van der Waals surface area contributed by atoms with Crippen molar-refractivity contribution in [2.24, 2.45) is 5.92 Å². The third-order valence-corrected chi connectivity index (χ3v) is 5.44. The van der Waals surface area contributed by atoms with Crippen molar-refractivity contribution >= 4 is 37.6 Å². The molecular formula is C12H17BrClNO2S. The minimum absolute atomic E-state index is 0.269. The summed E-state index contributed by atoms with van der Waals surface area (Å²) >= 11 is 8.93. The van der Waals surface area contributed by atoms with Gasteiger partial charge >= 0.3 is 0 Å². The monoisotopic (exact) mass is 353 g/mol. The van der Waals surface area contributed by atoms with Gasteiger partial charge in [0.05, 0.1) is 4.90 Å². The van der Waals surface area contributed by atoms with Crippen LogP contribution in [0, 0.1) is 5.92 Å². The summed E-state index contributed by atoms with van der Waals surface area (Å²) in [5.41, 5.74) is 0. The van der Waals surface area contributed by atoms with Crippen molar-refractivity contribution in [3.8, 4) is 0 Å². The number of alkyl halides is 1. The molecule has 0 amide bonds. The highest BCUT2D eigenvalue weighted by atomic mass is 79.9. The summed E-state index contributed by atoms with van der Waals surface area (Å²) in [6.45, 7) is 2.46. The smallest absolute Gasteiger partial charge is 0.211 e. The van der Waals surface area contributed by atoms with Gasteiger partial charge in [-0.25, -0.2) is 13.1 Å². The molecule has 0 saturated heterocycles. The lowest BCUT2D eigenvalue weighted by Gasteiger charge is -2.15. The van der Waals surface area contributed by atoms with Crippen LogP contribution in [0.15, 0.2) is 33.6 Å². The zero-order chi connectivity index (χ0) is 13.6. The molecule has 18 heavy (non-hydrogen) atoms. The highest BCUT2D eigenvalue weighted by molar-refractivity contribution is 9.10. The van der Waals surface area contributed by atoms with Crippen LogP contribution in [-0.4, -0.2) is 20.8 Å². The minimum atomic E-state index is -3.45. The summed E-state index contributed by atoms with van der Waals surface area (Å²) in [6.07, 6.45) is 1.72. The zero-order valence-electron chi connectivity index (χ0n) is 10.2. The maximum Gasteiger partial charge on any atom is 0.241 e. The molecule has 1 rings (SSSR count). The largest absolute Gasteiger partial charge is 0.241 e. The van der Waals surface area contributed by atoms with Gasteiger partial charge in [-0.15, -0.1) is 11.6 Å². The average molecular weight is 355 g/mol. The minimum Gasteiger partial charge on any atom is -0.211 e. The molecule has 0 aliphatic heterocycles. The van der Waals surface area contributed by atoms with E-state index >= 15 is 0 Å². The van der Waals surface area contributed by atoms with Crippen LogP contribution in [-0.2, 0) is 10.0 Å². The van der Waals surface area contributed by atoms with Gasteiger partial charge in [0, 0.05) is 16.9 Å². The van der Waals surface area contributed by atoms with Gasteiger partial charge in [0.25, 0.3) is 0 Å². The Bertz CT molecular complexity index is 479. The molecule has 0 fully saturated rings. The predicted molar refractivity (Wildman–Crippen MR) is 78.4 cm³/mol. The number of benzene rings is 1. The highest BCUT2D eigenvalue weighted by Crippen LogP contribution is 2.21. The van der Waals surface area contributed by atoms with Crippen molar-refractivity contribution < 1.29 is 8.42 Å². The first-order valence-corrected chi connectivity index (χ1v) is 8.62. The number of halogens is 2. The number of hydrogen-bond donors (Lipinski definition) is 1. The molecule has 1 aromatic rings. The summed E-state index contributed by atoms with van der Waals surface area (Å²) in [5, 5.41) is 0. The summed E-state index contributed by atoms with van der Waals surface area (Å²) in [7, 11) is -3.45. The Kier molecular flexibility index (Phi) is 6.63. The van der Waals surface area contributed by atoms with Crippen molar-refractivity contribution in [2.75, 3.05) is 12.4 Å². The molecule has 1 unspecified atom stereocenters. The number of nitrogens with one attached hydrogen (secondary N) is 1. The van der Waals surface area contributed by atoms with Gasteiger partial charge in [-0.2, -0.15) is 0 Å². The van der Waals surface area contributed by atoms with E-state index in [1.54, 1.807) is 24.3 Å². The Morgan fingerprint density at radius 3 is 2.61 bits per heavy atom. The molecule has 102 valence electrons. The van der Waals surface area contributed by atoms with Crippen molar-refractivity contribution in [3.05, 3.63) is 28.7 Å². The second kappa shape index (κ2) is 7.48. The van der Waals surface area contributed by atoms with Crippen LogP contribution in [0.1, 0.15) is 19.8 Å². The van der Waals surface area contributed by atoms with E-state index < -0.39 is 10.0 Å². The van der Waals surface area contributed by atoms with Gasteiger partial charge in [-0.05, 0) is 40.4 Å². The van der Waals surface area contributed by atoms with Gasteiger partial charge < -0.3 is 0 Å². The molecule has 0 aliphatic rings. The van der Waals surface area contributed by atoms with E-state index in [4.69, 9.17) is 11.6 Å². The Morgan fingerprint density at radius 2 is 2.06 bits per heavy atom. The fraction of sp³-hybridized carbons (Fsp3) is 0.500. The lowest BCUT2D eigenvalue weighted by molar-refractivity contribution is 0.481. The SMILES string of the molecule is CCC(CCCl)CNS(=O)(=O)c1ccccc1Br. The Balaban J connectivity index is 2.74. The second-order valence-corrected chi connectivity index (χ2v) is 7.00. The number of sulfonamides is 1. The van der Waals surface area contributed by atoms with Gasteiger partial charge in [0.1, 0.15) is 0 Å². The predicted octanol–water partition coefficient (Wildman–Crippen LogP) is 3.38. The van der Waals surface area contributed by atoms with Gasteiger partial charge in [-0.1, -0.05) is 25.5 Å². The van der Waals surface area contributed by atoms with Gasteiger partial charge in [-0.3, -0.25) is 0 Å². The Labute approximate surface area is 122 Å². The fourth-order valence-electron chi connectivity index (χ4n) is 1.57. The van der Waals surface area contributed by atoms with E-state index in [1.165, 1.54) is 0 Å². The summed E-state index contributed by atoms with van der Waals surface area (Å²) in [6, 6.07) is 6.78. The van der Waals surface area contributed by atoms with Gasteiger partial charge in [0.2, 0.25) is 10.0 Å². The van der Waals surface area contributed by atoms with Gasteiger partial charge in [0.15, 0.2) is 0 Å². The van der Waals surface area contributed by atoms with E-state index in [0.29, 0.717) is 16.9 Å². The lowest BCUT2D eigenvalue weighted by atomic mass is 10.0. The summed E-state index contributed by atoms with van der Waals surface area (Å²) in [5.74, 6) is 0.828. The molecule has 3 nitrogen and oxygen atoms in total. The molecule has 6 heteroatoms. The fourth-order valence-corrected chi connectivity index (χ4v) is 4.00. The van der Waals surface area contributed by atoms with Crippen LogP contribution in [0.2, 0.25) is 0 Å². The van der Waals surface area contributed by atoms with Crippen molar-refractivity contribution in [3.63, 3.8) is 0 Å². The molecule has 0 heterocycles. The van der Waals surface area contributed by atoms with Crippen LogP contribution < -0.4 is 4.72 Å². The second-order valence-electron chi connectivity index (χ2n) is 4.03. The average Bonchev–Trinajstić information content (AvgIpc) is 2.34. The van der Waals surface area contributed by atoms with E-state index in [1.807, 2.05) is 6.92 Å². The first-order valence-electron chi connectivity index (χ1n) is 5.81. The quantitative estimate of drug-likeness (QED) is 0.763. The molecule has 0 saturated carbocycles.